The molecule has 0 aromatic rings. The highest BCUT2D eigenvalue weighted by Crippen LogP contribution is 1.75. The molecule has 0 aromatic heterocycles. The van der Waals surface area contributed by atoms with E-state index in [1.807, 2.05) is 0 Å². The Bertz CT molecular complexity index is 155. The number of hydrazone groups is 1. The van der Waals surface area contributed by atoms with Crippen molar-refractivity contribution in [3.63, 3.8) is 0 Å². The topological polar surface area (TPSA) is 117 Å². The average Bonchev–Trinajstić information content (AvgIpc) is 1.85. The van der Waals surface area contributed by atoms with Crippen molar-refractivity contribution in [3.8, 4) is 0 Å². The summed E-state index contributed by atoms with van der Waals surface area (Å²) in [6, 6.07) is 0. The van der Waals surface area contributed by atoms with Crippen molar-refractivity contribution >= 4 is 5.96 Å². The van der Waals surface area contributed by atoms with Gasteiger partial charge >= 0.3 is 0 Å². The molecule has 0 spiro atoms. The van der Waals surface area contributed by atoms with E-state index in [0.717, 1.165) is 5.01 Å². The molecule has 0 atom stereocenters. The van der Waals surface area contributed by atoms with Crippen molar-refractivity contribution < 1.29 is 10.2 Å². The van der Waals surface area contributed by atoms with Gasteiger partial charge < -0.3 is 5.73 Å². The first kappa shape index (κ1) is 8.59. The minimum absolute atomic E-state index is 0.437. The highest BCUT2D eigenvalue weighted by atomic mass is 16.7. The van der Waals surface area contributed by atoms with Gasteiger partial charge in [0.25, 0.3) is 5.96 Å². The second kappa shape index (κ2) is 3.58. The smallest absolute Gasteiger partial charge is 0.284 e. The molecular weight excluding hydrogens is 142 g/mol. The summed E-state index contributed by atoms with van der Waals surface area (Å²) < 4.78 is 0. The van der Waals surface area contributed by atoms with Gasteiger partial charge in [-0.2, -0.15) is 0 Å². The summed E-state index contributed by atoms with van der Waals surface area (Å²) >= 11 is 0. The van der Waals surface area contributed by atoms with E-state index in [4.69, 9.17) is 10.9 Å². The lowest BCUT2D eigenvalue weighted by Gasteiger charge is -2.10. The third-order valence-corrected chi connectivity index (χ3v) is 0.678. The lowest BCUT2D eigenvalue weighted by Crippen LogP contribution is -2.42. The molecule has 0 aliphatic carbocycles. The first-order valence-corrected chi connectivity index (χ1v) is 2.20. The molecule has 0 bridgehead atoms. The molecule has 58 valence electrons. The van der Waals surface area contributed by atoms with Crippen molar-refractivity contribution in [2.45, 2.75) is 0 Å². The molecule has 0 heterocycles. The summed E-state index contributed by atoms with van der Waals surface area (Å²) in [6.07, 6.45) is 0. The molecule has 0 saturated carbocycles. The molecular formula is C2H7N5O3. The van der Waals surface area contributed by atoms with Crippen LogP contribution in [0.25, 0.3) is 0 Å². The lowest BCUT2D eigenvalue weighted by molar-refractivity contribution is -0.485. The fourth-order valence-electron chi connectivity index (χ4n) is 0.202. The maximum Gasteiger partial charge on any atom is 0.284 e. The average molecular weight is 149 g/mol. The van der Waals surface area contributed by atoms with Crippen molar-refractivity contribution in [2.75, 3.05) is 7.05 Å². The van der Waals surface area contributed by atoms with Crippen molar-refractivity contribution in [1.82, 2.24) is 10.6 Å². The molecule has 10 heavy (non-hydrogen) atoms. The SMILES string of the molecule is CN(NO)C(N)=N[N+](=O)[O-]. The van der Waals surface area contributed by atoms with Gasteiger partial charge in [0.2, 0.25) is 0 Å². The number of nitrogens with two attached hydrogens (primary N) is 1. The second-order valence-corrected chi connectivity index (χ2v) is 1.36. The Morgan fingerprint density at radius 1 is 2.00 bits per heavy atom. The van der Waals surface area contributed by atoms with Crippen LogP contribution in [0.3, 0.4) is 0 Å². The molecule has 0 fully saturated rings. The van der Waals surface area contributed by atoms with Gasteiger partial charge in [-0.05, 0) is 0 Å². The maximum atomic E-state index is 9.63. The van der Waals surface area contributed by atoms with Gasteiger partial charge in [0.05, 0.1) is 0 Å². The van der Waals surface area contributed by atoms with E-state index in [1.165, 1.54) is 7.05 Å². The largest absolute Gasteiger partial charge is 0.363 e. The lowest BCUT2D eigenvalue weighted by atomic mass is 10.9. The first-order valence-electron chi connectivity index (χ1n) is 2.20. The standard InChI is InChI=1S/C2H7N5O3/c1-6(5-8)2(3)4-7(9)10/h5,8H,1H3,(H2,3,4). The van der Waals surface area contributed by atoms with Gasteiger partial charge in [-0.15, -0.1) is 5.59 Å². The summed E-state index contributed by atoms with van der Waals surface area (Å²) in [5.74, 6) is -0.437. The van der Waals surface area contributed by atoms with Crippen molar-refractivity contribution in [2.24, 2.45) is 10.8 Å². The molecule has 8 heteroatoms. The van der Waals surface area contributed by atoms with E-state index in [0.29, 0.717) is 0 Å². The summed E-state index contributed by atoms with van der Waals surface area (Å²) in [6.45, 7) is 0. The highest BCUT2D eigenvalue weighted by molar-refractivity contribution is 5.76. The van der Waals surface area contributed by atoms with Crippen LogP contribution in [0.4, 0.5) is 0 Å². The zero-order valence-electron chi connectivity index (χ0n) is 5.18. The predicted octanol–water partition coefficient (Wildman–Crippen LogP) is -1.68. The second-order valence-electron chi connectivity index (χ2n) is 1.36. The zero-order chi connectivity index (χ0) is 8.15. The Hall–Kier alpha value is -1.41. The van der Waals surface area contributed by atoms with Gasteiger partial charge in [0, 0.05) is 7.05 Å². The Balaban J connectivity index is 4.04. The predicted molar refractivity (Wildman–Crippen MR) is 31.3 cm³/mol. The quantitative estimate of drug-likeness (QED) is 0.187. The number of nitro groups is 1. The third kappa shape index (κ3) is 2.79. The number of nitrogens with zero attached hydrogens (tertiary/aromatic N) is 3. The Morgan fingerprint density at radius 2 is 2.50 bits per heavy atom. The fourth-order valence-corrected chi connectivity index (χ4v) is 0.202. The number of guanidine groups is 1. The first-order chi connectivity index (χ1) is 4.57. The molecule has 0 amide bonds. The monoisotopic (exact) mass is 149 g/mol. The molecule has 0 aliphatic heterocycles. The van der Waals surface area contributed by atoms with E-state index in [1.54, 1.807) is 5.59 Å². The van der Waals surface area contributed by atoms with Gasteiger partial charge in [-0.25, -0.2) is 10.1 Å². The number of hydrogen-bond acceptors (Lipinski definition) is 4. The van der Waals surface area contributed by atoms with Crippen LogP contribution in [-0.2, 0) is 0 Å². The van der Waals surface area contributed by atoms with Crippen LogP contribution in [-0.4, -0.2) is 28.3 Å². The molecule has 0 unspecified atom stereocenters. The number of hydrogen-bond donors (Lipinski definition) is 3. The zero-order valence-corrected chi connectivity index (χ0v) is 5.18. The third-order valence-electron chi connectivity index (χ3n) is 0.678. The van der Waals surface area contributed by atoms with Gasteiger partial charge in [0.1, 0.15) is 5.10 Å². The molecule has 0 radical (unpaired) electrons. The van der Waals surface area contributed by atoms with Crippen LogP contribution in [0.15, 0.2) is 5.10 Å². The minimum atomic E-state index is -0.969. The van der Waals surface area contributed by atoms with Crippen LogP contribution < -0.4 is 11.3 Å². The van der Waals surface area contributed by atoms with E-state index in [9.17, 15) is 10.1 Å². The Morgan fingerprint density at radius 3 is 2.80 bits per heavy atom. The molecule has 0 rings (SSSR count). The molecule has 4 N–H and O–H groups in total. The van der Waals surface area contributed by atoms with Crippen molar-refractivity contribution in [3.05, 3.63) is 10.1 Å². The number of nitrogens with one attached hydrogen (secondary N) is 1. The van der Waals surface area contributed by atoms with Crippen LogP contribution in [0.5, 0.6) is 0 Å². The summed E-state index contributed by atoms with van der Waals surface area (Å²) in [7, 11) is 1.27. The van der Waals surface area contributed by atoms with Crippen LogP contribution >= 0.6 is 0 Å². The van der Waals surface area contributed by atoms with E-state index >= 15 is 0 Å². The normalized spacial score (nSPS) is 11.2. The number of hydrazine groups is 1. The fraction of sp³-hybridized carbons (Fsp3) is 0.500. The summed E-state index contributed by atoms with van der Waals surface area (Å²) in [4.78, 5) is 9.63. The van der Waals surface area contributed by atoms with E-state index < -0.39 is 11.0 Å². The molecule has 8 nitrogen and oxygen atoms in total. The van der Waals surface area contributed by atoms with Gasteiger partial charge in [-0.1, -0.05) is 0 Å². The summed E-state index contributed by atoms with van der Waals surface area (Å²) in [5.41, 5.74) is 6.48. The Kier molecular flexibility index (Phi) is 3.08. The van der Waals surface area contributed by atoms with E-state index in [-0.39, 0.29) is 0 Å². The van der Waals surface area contributed by atoms with Crippen LogP contribution in [0.1, 0.15) is 0 Å². The van der Waals surface area contributed by atoms with Gasteiger partial charge in [0.15, 0.2) is 5.03 Å². The van der Waals surface area contributed by atoms with E-state index in [2.05, 4.69) is 5.10 Å². The maximum absolute atomic E-state index is 9.63. The molecule has 0 aromatic carbocycles. The number of rotatable bonds is 2. The van der Waals surface area contributed by atoms with Crippen molar-refractivity contribution in [1.29, 1.82) is 0 Å². The molecule has 0 saturated heterocycles. The highest BCUT2D eigenvalue weighted by Gasteiger charge is 2.03. The van der Waals surface area contributed by atoms with Crippen LogP contribution in [0.2, 0.25) is 0 Å². The van der Waals surface area contributed by atoms with Crippen LogP contribution in [0, 0.1) is 10.1 Å². The summed E-state index contributed by atoms with van der Waals surface area (Å²) in [5, 5.41) is 20.2. The van der Waals surface area contributed by atoms with Gasteiger partial charge in [-0.3, -0.25) is 10.2 Å². The minimum Gasteiger partial charge on any atom is -0.363 e. The Labute approximate surface area is 56.0 Å². The molecule has 0 aliphatic rings.